The van der Waals surface area contributed by atoms with E-state index in [1.165, 1.54) is 24.3 Å². The van der Waals surface area contributed by atoms with Gasteiger partial charge >= 0.3 is 5.97 Å². The number of carbonyl (C=O) groups is 1. The van der Waals surface area contributed by atoms with Crippen molar-refractivity contribution in [2.75, 3.05) is 13.2 Å². The topological polar surface area (TPSA) is 69.7 Å². The Morgan fingerprint density at radius 3 is 2.45 bits per heavy atom. The van der Waals surface area contributed by atoms with Gasteiger partial charge < -0.3 is 9.47 Å². The van der Waals surface area contributed by atoms with Crippen LogP contribution in [0.15, 0.2) is 29.2 Å². The van der Waals surface area contributed by atoms with Crippen LogP contribution < -0.4 is 0 Å². The first-order chi connectivity index (χ1) is 9.09. The molecule has 0 radical (unpaired) electrons. The van der Waals surface area contributed by atoms with Crippen LogP contribution in [0.2, 0.25) is 0 Å². The molecule has 0 bridgehead atoms. The van der Waals surface area contributed by atoms with Gasteiger partial charge in [0, 0.05) is 10.7 Å². The summed E-state index contributed by atoms with van der Waals surface area (Å²) >= 11 is 0. The summed E-state index contributed by atoms with van der Waals surface area (Å²) in [5, 5.41) is 0. The molecule has 0 spiro atoms. The van der Waals surface area contributed by atoms with Crippen molar-refractivity contribution in [1.29, 1.82) is 0 Å². The standard InChI is InChI=1S/C13H17ClO5S/c1-13(2,3)19-8-7-18-12(15)10-5-4-6-11(9-10)20(14,16)17/h4-6,9H,7-8H2,1-3H3. The largest absolute Gasteiger partial charge is 0.460 e. The lowest BCUT2D eigenvalue weighted by atomic mass is 10.2. The van der Waals surface area contributed by atoms with Crippen LogP contribution in [0.3, 0.4) is 0 Å². The lowest BCUT2D eigenvalue weighted by Gasteiger charge is -2.19. The van der Waals surface area contributed by atoms with E-state index >= 15 is 0 Å². The second kappa shape index (κ2) is 6.56. The molecule has 0 saturated heterocycles. The number of hydrogen-bond acceptors (Lipinski definition) is 5. The highest BCUT2D eigenvalue weighted by atomic mass is 35.7. The Hall–Kier alpha value is -1.11. The molecule has 1 aromatic carbocycles. The van der Waals surface area contributed by atoms with Gasteiger partial charge in [0.1, 0.15) is 6.61 Å². The Labute approximate surface area is 123 Å². The Balaban J connectivity index is 2.61. The summed E-state index contributed by atoms with van der Waals surface area (Å²) in [6.07, 6.45) is 0. The third-order valence-electron chi connectivity index (χ3n) is 2.20. The molecule has 20 heavy (non-hydrogen) atoms. The fourth-order valence-corrected chi connectivity index (χ4v) is 2.14. The van der Waals surface area contributed by atoms with Crippen molar-refractivity contribution >= 4 is 25.7 Å². The first kappa shape index (κ1) is 16.9. The van der Waals surface area contributed by atoms with Crippen molar-refractivity contribution < 1.29 is 22.7 Å². The van der Waals surface area contributed by atoms with Gasteiger partial charge in [-0.15, -0.1) is 0 Å². The molecule has 0 aliphatic carbocycles. The average Bonchev–Trinajstić information content (AvgIpc) is 2.32. The lowest BCUT2D eigenvalue weighted by Crippen LogP contribution is -2.22. The zero-order valence-corrected chi connectivity index (χ0v) is 13.1. The maximum Gasteiger partial charge on any atom is 0.338 e. The molecular formula is C13H17ClO5S. The first-order valence-electron chi connectivity index (χ1n) is 5.95. The predicted octanol–water partition coefficient (Wildman–Crippen LogP) is 2.59. The van der Waals surface area contributed by atoms with Crippen LogP contribution in [0.1, 0.15) is 31.1 Å². The van der Waals surface area contributed by atoms with Gasteiger partial charge in [0.05, 0.1) is 22.7 Å². The number of halogens is 1. The number of hydrogen-bond donors (Lipinski definition) is 0. The summed E-state index contributed by atoms with van der Waals surface area (Å²) in [4.78, 5) is 11.6. The summed E-state index contributed by atoms with van der Waals surface area (Å²) in [7, 11) is 1.35. The van der Waals surface area contributed by atoms with Crippen LogP contribution in [0.5, 0.6) is 0 Å². The first-order valence-corrected chi connectivity index (χ1v) is 8.26. The minimum atomic E-state index is -3.86. The summed E-state index contributed by atoms with van der Waals surface area (Å²) in [6.45, 7) is 6.04. The maximum atomic E-state index is 11.7. The van der Waals surface area contributed by atoms with Crippen LogP contribution in [0.4, 0.5) is 0 Å². The number of esters is 1. The molecule has 0 atom stereocenters. The lowest BCUT2D eigenvalue weighted by molar-refractivity contribution is -0.0281. The van der Waals surface area contributed by atoms with Crippen molar-refractivity contribution in [2.24, 2.45) is 0 Å². The number of benzene rings is 1. The quantitative estimate of drug-likeness (QED) is 0.474. The van der Waals surface area contributed by atoms with Gasteiger partial charge in [-0.1, -0.05) is 6.07 Å². The van der Waals surface area contributed by atoms with Crippen molar-refractivity contribution in [3.8, 4) is 0 Å². The maximum absolute atomic E-state index is 11.7. The molecule has 7 heteroatoms. The van der Waals surface area contributed by atoms with E-state index in [-0.39, 0.29) is 29.3 Å². The average molecular weight is 321 g/mol. The minimum Gasteiger partial charge on any atom is -0.460 e. The monoisotopic (exact) mass is 320 g/mol. The van der Waals surface area contributed by atoms with Gasteiger partial charge in [-0.3, -0.25) is 0 Å². The summed E-state index contributed by atoms with van der Waals surface area (Å²) in [6, 6.07) is 5.37. The van der Waals surface area contributed by atoms with Gasteiger partial charge in [0.25, 0.3) is 9.05 Å². The van der Waals surface area contributed by atoms with Gasteiger partial charge in [-0.25, -0.2) is 13.2 Å². The van der Waals surface area contributed by atoms with Crippen LogP contribution in [0.25, 0.3) is 0 Å². The molecule has 0 amide bonds. The SMILES string of the molecule is CC(C)(C)OCCOC(=O)c1cccc(S(=O)(=O)Cl)c1. The molecule has 0 N–H and O–H groups in total. The van der Waals surface area contributed by atoms with E-state index in [1.54, 1.807) is 0 Å². The molecule has 0 saturated carbocycles. The fourth-order valence-electron chi connectivity index (χ4n) is 1.34. The molecule has 0 unspecified atom stereocenters. The zero-order chi connectivity index (χ0) is 15.4. The van der Waals surface area contributed by atoms with Crippen molar-refractivity contribution in [1.82, 2.24) is 0 Å². The number of rotatable bonds is 5. The van der Waals surface area contributed by atoms with Gasteiger partial charge in [-0.05, 0) is 39.0 Å². The second-order valence-electron chi connectivity index (χ2n) is 5.06. The second-order valence-corrected chi connectivity index (χ2v) is 7.63. The molecule has 112 valence electrons. The fraction of sp³-hybridized carbons (Fsp3) is 0.462. The van der Waals surface area contributed by atoms with Crippen LogP contribution in [-0.4, -0.2) is 33.2 Å². The molecule has 0 heterocycles. The Bertz CT molecular complexity index is 575. The van der Waals surface area contributed by atoms with E-state index in [0.29, 0.717) is 0 Å². The molecule has 0 aromatic heterocycles. The van der Waals surface area contributed by atoms with Crippen molar-refractivity contribution in [3.05, 3.63) is 29.8 Å². The summed E-state index contributed by atoms with van der Waals surface area (Å²) in [5.41, 5.74) is -0.179. The predicted molar refractivity (Wildman–Crippen MR) is 75.5 cm³/mol. The molecule has 0 fully saturated rings. The zero-order valence-electron chi connectivity index (χ0n) is 11.6. The number of ether oxygens (including phenoxy) is 2. The molecular weight excluding hydrogens is 304 g/mol. The molecule has 0 aliphatic rings. The number of carbonyl (C=O) groups excluding carboxylic acids is 1. The Morgan fingerprint density at radius 2 is 1.90 bits per heavy atom. The third kappa shape index (κ3) is 5.90. The highest BCUT2D eigenvalue weighted by Gasteiger charge is 2.15. The smallest absolute Gasteiger partial charge is 0.338 e. The van der Waals surface area contributed by atoms with E-state index in [2.05, 4.69) is 0 Å². The van der Waals surface area contributed by atoms with Crippen LogP contribution in [0, 0.1) is 0 Å². The molecule has 0 aliphatic heterocycles. The normalized spacial score (nSPS) is 12.2. The van der Waals surface area contributed by atoms with E-state index in [0.717, 1.165) is 0 Å². The summed E-state index contributed by atoms with van der Waals surface area (Å²) < 4.78 is 32.7. The minimum absolute atomic E-state index is 0.0912. The van der Waals surface area contributed by atoms with Crippen molar-refractivity contribution in [3.63, 3.8) is 0 Å². The Morgan fingerprint density at radius 1 is 1.25 bits per heavy atom. The van der Waals surface area contributed by atoms with Crippen LogP contribution in [-0.2, 0) is 18.5 Å². The highest BCUT2D eigenvalue weighted by Crippen LogP contribution is 2.16. The van der Waals surface area contributed by atoms with Crippen molar-refractivity contribution in [2.45, 2.75) is 31.3 Å². The van der Waals surface area contributed by atoms with Gasteiger partial charge in [-0.2, -0.15) is 0 Å². The summed E-state index contributed by atoms with van der Waals surface area (Å²) in [5.74, 6) is -0.621. The Kier molecular flexibility index (Phi) is 5.56. The molecule has 5 nitrogen and oxygen atoms in total. The molecule has 1 aromatic rings. The van der Waals surface area contributed by atoms with E-state index in [4.69, 9.17) is 20.2 Å². The van der Waals surface area contributed by atoms with Gasteiger partial charge in [0.15, 0.2) is 0 Å². The molecule has 1 rings (SSSR count). The van der Waals surface area contributed by atoms with E-state index in [1.807, 2.05) is 20.8 Å². The third-order valence-corrected chi connectivity index (χ3v) is 3.55. The van der Waals surface area contributed by atoms with Gasteiger partial charge in [0.2, 0.25) is 0 Å². The van der Waals surface area contributed by atoms with Crippen LogP contribution >= 0.6 is 10.7 Å². The van der Waals surface area contributed by atoms with E-state index in [9.17, 15) is 13.2 Å². The van der Waals surface area contributed by atoms with E-state index < -0.39 is 15.0 Å². The highest BCUT2D eigenvalue weighted by molar-refractivity contribution is 8.13.